The van der Waals surface area contributed by atoms with Gasteiger partial charge in [-0.05, 0) is 18.2 Å². The average Bonchev–Trinajstić information content (AvgIpc) is 2.09. The topological polar surface area (TPSA) is 46.2 Å². The van der Waals surface area contributed by atoms with Crippen LogP contribution in [-0.2, 0) is 5.92 Å². The molecule has 0 aliphatic rings. The second-order valence-corrected chi connectivity index (χ2v) is 2.57. The third-order valence-electron chi connectivity index (χ3n) is 1.63. The van der Waals surface area contributed by atoms with Crippen molar-refractivity contribution in [1.82, 2.24) is 0 Å². The molecule has 72 valence electrons. The fraction of sp³-hybridized carbons (Fsp3) is 0.250. The van der Waals surface area contributed by atoms with Crippen LogP contribution >= 0.6 is 0 Å². The number of hydrogen-bond acceptors (Lipinski definition) is 2. The van der Waals surface area contributed by atoms with Gasteiger partial charge in [0.05, 0.1) is 6.54 Å². The molecule has 0 heterocycles. The lowest BCUT2D eigenvalue weighted by molar-refractivity contribution is 0.00560. The number of phenolic OH excluding ortho intramolecular Hbond substituents is 1. The van der Waals surface area contributed by atoms with Crippen molar-refractivity contribution < 1.29 is 18.3 Å². The molecule has 0 unspecified atom stereocenters. The summed E-state index contributed by atoms with van der Waals surface area (Å²) < 4.78 is 38.3. The highest BCUT2D eigenvalue weighted by molar-refractivity contribution is 5.30. The summed E-state index contributed by atoms with van der Waals surface area (Å²) >= 11 is 0. The third-order valence-corrected chi connectivity index (χ3v) is 1.63. The van der Waals surface area contributed by atoms with Gasteiger partial charge in [0.2, 0.25) is 0 Å². The maximum absolute atomic E-state index is 12.8. The van der Waals surface area contributed by atoms with E-state index in [0.717, 1.165) is 12.1 Å². The van der Waals surface area contributed by atoms with Crippen LogP contribution in [0.1, 0.15) is 5.56 Å². The predicted octanol–water partition coefficient (Wildman–Crippen LogP) is 1.58. The van der Waals surface area contributed by atoms with Crippen LogP contribution in [0.5, 0.6) is 5.75 Å². The van der Waals surface area contributed by atoms with E-state index in [9.17, 15) is 13.2 Å². The number of hydrogen-bond donors (Lipinski definition) is 2. The van der Waals surface area contributed by atoms with Crippen LogP contribution in [-0.4, -0.2) is 11.7 Å². The zero-order valence-corrected chi connectivity index (χ0v) is 6.60. The summed E-state index contributed by atoms with van der Waals surface area (Å²) in [5.74, 6) is -4.99. The molecular weight excluding hydrogens is 183 g/mol. The lowest BCUT2D eigenvalue weighted by Gasteiger charge is -2.13. The fourth-order valence-electron chi connectivity index (χ4n) is 0.852. The lowest BCUT2D eigenvalue weighted by atomic mass is 10.1. The number of rotatable bonds is 2. The number of benzene rings is 1. The van der Waals surface area contributed by atoms with E-state index in [-0.39, 0.29) is 0 Å². The molecule has 0 aliphatic heterocycles. The molecule has 0 radical (unpaired) electrons. The van der Waals surface area contributed by atoms with Crippen molar-refractivity contribution >= 4 is 0 Å². The first kappa shape index (κ1) is 9.85. The lowest BCUT2D eigenvalue weighted by Crippen LogP contribution is -2.25. The van der Waals surface area contributed by atoms with Crippen molar-refractivity contribution in [1.29, 1.82) is 0 Å². The molecular formula is C8H8F3NO. The van der Waals surface area contributed by atoms with E-state index in [1.165, 1.54) is 0 Å². The van der Waals surface area contributed by atoms with Crippen molar-refractivity contribution in [3.8, 4) is 5.75 Å². The Bertz CT molecular complexity index is 314. The summed E-state index contributed by atoms with van der Waals surface area (Å²) in [6, 6.07) is 2.38. The molecule has 0 saturated carbocycles. The zero-order chi connectivity index (χ0) is 10.1. The maximum atomic E-state index is 12.8. The van der Waals surface area contributed by atoms with Crippen LogP contribution in [0.3, 0.4) is 0 Å². The summed E-state index contributed by atoms with van der Waals surface area (Å²) in [5.41, 5.74) is 4.25. The Morgan fingerprint density at radius 2 is 2.00 bits per heavy atom. The molecule has 2 nitrogen and oxygen atoms in total. The number of nitrogens with two attached hydrogens (primary N) is 1. The standard InChI is InChI=1S/C8H8F3NO/c9-6-3-5(1-2-7(6)13)8(10,11)4-12/h1-3,13H,4,12H2. The number of phenols is 1. The highest BCUT2D eigenvalue weighted by Crippen LogP contribution is 2.29. The van der Waals surface area contributed by atoms with Crippen LogP contribution in [0, 0.1) is 5.82 Å². The Kier molecular flexibility index (Phi) is 2.47. The van der Waals surface area contributed by atoms with Gasteiger partial charge < -0.3 is 10.8 Å². The van der Waals surface area contributed by atoms with Crippen molar-refractivity contribution in [2.75, 3.05) is 6.54 Å². The fourth-order valence-corrected chi connectivity index (χ4v) is 0.852. The SMILES string of the molecule is NCC(F)(F)c1ccc(O)c(F)c1. The smallest absolute Gasteiger partial charge is 0.285 e. The van der Waals surface area contributed by atoms with Gasteiger partial charge in [0, 0.05) is 5.56 Å². The molecule has 5 heteroatoms. The number of alkyl halides is 2. The van der Waals surface area contributed by atoms with Gasteiger partial charge in [0.15, 0.2) is 11.6 Å². The van der Waals surface area contributed by atoms with E-state index < -0.39 is 29.6 Å². The minimum atomic E-state index is -3.26. The predicted molar refractivity (Wildman–Crippen MR) is 41.0 cm³/mol. The molecule has 0 amide bonds. The molecule has 0 saturated heterocycles. The quantitative estimate of drug-likeness (QED) is 0.745. The van der Waals surface area contributed by atoms with E-state index in [4.69, 9.17) is 10.8 Å². The van der Waals surface area contributed by atoms with Gasteiger partial charge in [-0.25, -0.2) is 4.39 Å². The molecule has 0 atom stereocenters. The molecule has 13 heavy (non-hydrogen) atoms. The van der Waals surface area contributed by atoms with Crippen LogP contribution in [0.4, 0.5) is 13.2 Å². The van der Waals surface area contributed by atoms with Gasteiger partial charge in [0.25, 0.3) is 5.92 Å². The normalized spacial score (nSPS) is 11.7. The van der Waals surface area contributed by atoms with E-state index in [2.05, 4.69) is 0 Å². The number of aromatic hydroxyl groups is 1. The van der Waals surface area contributed by atoms with Crippen molar-refractivity contribution in [3.05, 3.63) is 29.6 Å². The second-order valence-electron chi connectivity index (χ2n) is 2.57. The zero-order valence-electron chi connectivity index (χ0n) is 6.60. The molecule has 0 aliphatic carbocycles. The first-order chi connectivity index (χ1) is 5.97. The summed E-state index contributed by atoms with van der Waals surface area (Å²) in [7, 11) is 0. The Balaban J connectivity index is 3.10. The minimum absolute atomic E-state index is 0.537. The summed E-state index contributed by atoms with van der Waals surface area (Å²) in [4.78, 5) is 0. The largest absolute Gasteiger partial charge is 0.505 e. The highest BCUT2D eigenvalue weighted by atomic mass is 19.3. The molecule has 0 aromatic heterocycles. The van der Waals surface area contributed by atoms with Gasteiger partial charge in [-0.1, -0.05) is 0 Å². The highest BCUT2D eigenvalue weighted by Gasteiger charge is 2.30. The molecule has 0 bridgehead atoms. The molecule has 1 rings (SSSR count). The van der Waals surface area contributed by atoms with Crippen LogP contribution in [0.2, 0.25) is 0 Å². The summed E-state index contributed by atoms with van der Waals surface area (Å²) in [6.45, 7) is -0.892. The van der Waals surface area contributed by atoms with Crippen molar-refractivity contribution in [2.45, 2.75) is 5.92 Å². The second kappa shape index (κ2) is 3.26. The first-order valence-corrected chi connectivity index (χ1v) is 3.54. The van der Waals surface area contributed by atoms with E-state index in [1.54, 1.807) is 0 Å². The molecule has 1 aromatic carbocycles. The van der Waals surface area contributed by atoms with Crippen molar-refractivity contribution in [2.24, 2.45) is 5.73 Å². The van der Waals surface area contributed by atoms with Crippen LogP contribution in [0.15, 0.2) is 18.2 Å². The van der Waals surface area contributed by atoms with Crippen LogP contribution < -0.4 is 5.73 Å². The molecule has 0 spiro atoms. The Morgan fingerprint density at radius 1 is 1.38 bits per heavy atom. The molecule has 0 fully saturated rings. The number of halogens is 3. The Labute approximate surface area is 72.8 Å². The Morgan fingerprint density at radius 3 is 2.46 bits per heavy atom. The maximum Gasteiger partial charge on any atom is 0.285 e. The minimum Gasteiger partial charge on any atom is -0.505 e. The van der Waals surface area contributed by atoms with E-state index in [0.29, 0.717) is 6.07 Å². The molecule has 3 N–H and O–H groups in total. The van der Waals surface area contributed by atoms with Gasteiger partial charge in [-0.2, -0.15) is 8.78 Å². The van der Waals surface area contributed by atoms with Crippen LogP contribution in [0.25, 0.3) is 0 Å². The van der Waals surface area contributed by atoms with E-state index in [1.807, 2.05) is 0 Å². The summed E-state index contributed by atoms with van der Waals surface area (Å²) in [6.07, 6.45) is 0. The monoisotopic (exact) mass is 191 g/mol. The average molecular weight is 191 g/mol. The van der Waals surface area contributed by atoms with Crippen molar-refractivity contribution in [3.63, 3.8) is 0 Å². The first-order valence-electron chi connectivity index (χ1n) is 3.54. The van der Waals surface area contributed by atoms with Gasteiger partial charge >= 0.3 is 0 Å². The Hall–Kier alpha value is -1.23. The van der Waals surface area contributed by atoms with Gasteiger partial charge in [-0.15, -0.1) is 0 Å². The van der Waals surface area contributed by atoms with E-state index >= 15 is 0 Å². The third kappa shape index (κ3) is 1.92. The van der Waals surface area contributed by atoms with Gasteiger partial charge in [0.1, 0.15) is 0 Å². The van der Waals surface area contributed by atoms with Gasteiger partial charge in [-0.3, -0.25) is 0 Å². The molecule has 1 aromatic rings. The summed E-state index contributed by atoms with van der Waals surface area (Å²) in [5, 5.41) is 8.73.